The summed E-state index contributed by atoms with van der Waals surface area (Å²) in [5.74, 6) is 0.704. The van der Waals surface area contributed by atoms with Crippen LogP contribution >= 0.6 is 0 Å². The number of nitrogens with zero attached hydrogens (tertiary/aromatic N) is 3. The second kappa shape index (κ2) is 13.6. The molecule has 2 heterocycles. The van der Waals surface area contributed by atoms with Crippen LogP contribution in [-0.2, 0) is 5.41 Å². The monoisotopic (exact) mass is 701 g/mol. The number of benzene rings is 7. The minimum atomic E-state index is -0.579. The first-order valence-corrected chi connectivity index (χ1v) is 18.7. The van der Waals surface area contributed by atoms with Gasteiger partial charge in [-0.2, -0.15) is 0 Å². The summed E-state index contributed by atoms with van der Waals surface area (Å²) in [7, 11) is 0. The summed E-state index contributed by atoms with van der Waals surface area (Å²) in [5.41, 5.74) is 16.1. The third kappa shape index (κ3) is 5.65. The molecule has 3 heteroatoms. The zero-order valence-electron chi connectivity index (χ0n) is 30.0. The van der Waals surface area contributed by atoms with E-state index < -0.39 is 5.41 Å². The highest BCUT2D eigenvalue weighted by Gasteiger charge is 2.46. The summed E-state index contributed by atoms with van der Waals surface area (Å²) in [6.07, 6.45) is 1.84. The Bertz CT molecular complexity index is 2690. The third-order valence-electron chi connectivity index (χ3n) is 10.8. The molecule has 9 aromatic rings. The van der Waals surface area contributed by atoms with Crippen molar-refractivity contribution >= 4 is 0 Å². The van der Waals surface area contributed by atoms with Crippen LogP contribution in [0.3, 0.4) is 0 Å². The molecule has 258 valence electrons. The molecule has 7 aromatic carbocycles. The fraction of sp³-hybridized carbons (Fsp3) is 0.0192. The lowest BCUT2D eigenvalue weighted by atomic mass is 9.67. The van der Waals surface area contributed by atoms with Crippen LogP contribution in [0.1, 0.15) is 22.3 Å². The highest BCUT2D eigenvalue weighted by Crippen LogP contribution is 2.56. The van der Waals surface area contributed by atoms with Crippen molar-refractivity contribution in [2.45, 2.75) is 5.41 Å². The molecule has 1 aliphatic rings. The van der Waals surface area contributed by atoms with Crippen LogP contribution in [0, 0.1) is 0 Å². The van der Waals surface area contributed by atoms with Gasteiger partial charge in [-0.3, -0.25) is 4.98 Å². The molecule has 0 radical (unpaired) electrons. The molecule has 1 aliphatic carbocycles. The minimum Gasteiger partial charge on any atom is -0.256 e. The van der Waals surface area contributed by atoms with Crippen molar-refractivity contribution in [2.24, 2.45) is 0 Å². The smallest absolute Gasteiger partial charge is 0.160 e. The van der Waals surface area contributed by atoms with Gasteiger partial charge in [-0.15, -0.1) is 0 Å². The first-order chi connectivity index (χ1) is 27.3. The van der Waals surface area contributed by atoms with Crippen molar-refractivity contribution in [1.29, 1.82) is 0 Å². The van der Waals surface area contributed by atoms with E-state index >= 15 is 0 Å². The molecule has 0 fully saturated rings. The maximum absolute atomic E-state index is 5.22. The molecule has 0 N–H and O–H groups in total. The molecular weight excluding hydrogens is 667 g/mol. The minimum absolute atomic E-state index is 0.579. The van der Waals surface area contributed by atoms with E-state index in [1.54, 1.807) is 0 Å². The van der Waals surface area contributed by atoms with Crippen LogP contribution in [0.5, 0.6) is 0 Å². The van der Waals surface area contributed by atoms with Crippen molar-refractivity contribution in [3.8, 4) is 67.4 Å². The van der Waals surface area contributed by atoms with E-state index in [1.807, 2.05) is 42.6 Å². The Labute approximate surface area is 321 Å². The summed E-state index contributed by atoms with van der Waals surface area (Å²) in [6.45, 7) is 0. The van der Waals surface area contributed by atoms with Crippen LogP contribution in [0.15, 0.2) is 212 Å². The summed E-state index contributed by atoms with van der Waals surface area (Å²) in [6, 6.07) is 73.4. The number of fused-ring (bicyclic) bond motifs is 3. The Morgan fingerprint density at radius 3 is 1.44 bits per heavy atom. The molecule has 0 aliphatic heterocycles. The molecular formula is C52H35N3. The van der Waals surface area contributed by atoms with Crippen LogP contribution in [0.25, 0.3) is 67.4 Å². The van der Waals surface area contributed by atoms with Gasteiger partial charge in [-0.25, -0.2) is 9.97 Å². The fourth-order valence-corrected chi connectivity index (χ4v) is 8.30. The summed E-state index contributed by atoms with van der Waals surface area (Å²) < 4.78 is 0. The predicted molar refractivity (Wildman–Crippen MR) is 224 cm³/mol. The number of aromatic nitrogens is 3. The van der Waals surface area contributed by atoms with E-state index in [0.29, 0.717) is 5.82 Å². The Morgan fingerprint density at radius 1 is 0.309 bits per heavy atom. The topological polar surface area (TPSA) is 38.7 Å². The Morgan fingerprint density at radius 2 is 0.800 bits per heavy atom. The molecule has 0 amide bonds. The zero-order valence-corrected chi connectivity index (χ0v) is 30.0. The number of rotatable bonds is 7. The summed E-state index contributed by atoms with van der Waals surface area (Å²) in [5, 5.41) is 0. The van der Waals surface area contributed by atoms with E-state index in [9.17, 15) is 0 Å². The highest BCUT2D eigenvalue weighted by molar-refractivity contribution is 5.87. The number of hydrogen-bond donors (Lipinski definition) is 0. The molecule has 0 atom stereocenters. The lowest BCUT2D eigenvalue weighted by molar-refractivity contribution is 0.769. The van der Waals surface area contributed by atoms with E-state index in [-0.39, 0.29) is 0 Å². The lowest BCUT2D eigenvalue weighted by Gasteiger charge is -2.34. The molecule has 0 saturated carbocycles. The van der Waals surface area contributed by atoms with Gasteiger partial charge in [0.15, 0.2) is 5.82 Å². The van der Waals surface area contributed by atoms with Crippen molar-refractivity contribution in [1.82, 2.24) is 15.0 Å². The van der Waals surface area contributed by atoms with Crippen molar-refractivity contribution in [3.63, 3.8) is 0 Å². The van der Waals surface area contributed by atoms with Gasteiger partial charge < -0.3 is 0 Å². The normalized spacial score (nSPS) is 12.5. The molecule has 0 spiro atoms. The largest absolute Gasteiger partial charge is 0.256 e. The molecule has 3 nitrogen and oxygen atoms in total. The molecule has 2 aromatic heterocycles. The van der Waals surface area contributed by atoms with Gasteiger partial charge in [0.2, 0.25) is 0 Å². The molecule has 55 heavy (non-hydrogen) atoms. The van der Waals surface area contributed by atoms with Crippen LogP contribution in [0.4, 0.5) is 0 Å². The van der Waals surface area contributed by atoms with Crippen molar-refractivity contribution < 1.29 is 0 Å². The van der Waals surface area contributed by atoms with Gasteiger partial charge in [0.05, 0.1) is 22.5 Å². The van der Waals surface area contributed by atoms with Gasteiger partial charge in [-0.1, -0.05) is 176 Å². The predicted octanol–water partition coefficient (Wildman–Crippen LogP) is 12.6. The van der Waals surface area contributed by atoms with Crippen LogP contribution in [0.2, 0.25) is 0 Å². The molecule has 10 rings (SSSR count). The Balaban J connectivity index is 1.17. The Hall–Kier alpha value is -7.23. The van der Waals surface area contributed by atoms with E-state index in [4.69, 9.17) is 9.97 Å². The van der Waals surface area contributed by atoms with Gasteiger partial charge in [-0.05, 0) is 74.8 Å². The standard InChI is InChI=1S/C52H35N3/c1-3-15-37(16-4-1)49-35-50(55-51(54-49)39-17-5-2-6-18-39)41-20-14-22-43(34-41)52(46-25-9-7-23-44(46)45-24-8-10-26-47(45)52)42-21-13-19-40(33-42)36-28-30-38(31-29-36)48-27-11-12-32-53-48/h1-35H. The van der Waals surface area contributed by atoms with Gasteiger partial charge >= 0.3 is 0 Å². The maximum Gasteiger partial charge on any atom is 0.160 e. The SMILES string of the molecule is c1ccc(-c2cc(-c3cccc(C4(c5cccc(-c6ccc(-c7ccccn7)cc6)c5)c5ccccc5-c5ccccc54)c3)nc(-c3ccccc3)n2)cc1. The third-order valence-corrected chi connectivity index (χ3v) is 10.8. The van der Waals surface area contributed by atoms with Crippen molar-refractivity contribution in [3.05, 3.63) is 235 Å². The fourth-order valence-electron chi connectivity index (χ4n) is 8.30. The number of pyridine rings is 1. The summed E-state index contributed by atoms with van der Waals surface area (Å²) >= 11 is 0. The Kier molecular flexibility index (Phi) is 8.04. The first-order valence-electron chi connectivity index (χ1n) is 18.7. The zero-order chi connectivity index (χ0) is 36.6. The highest BCUT2D eigenvalue weighted by atomic mass is 14.9. The maximum atomic E-state index is 5.22. The van der Waals surface area contributed by atoms with Gasteiger partial charge in [0.1, 0.15) is 0 Å². The lowest BCUT2D eigenvalue weighted by Crippen LogP contribution is -2.28. The average molecular weight is 702 g/mol. The molecule has 0 bridgehead atoms. The van der Waals surface area contributed by atoms with Crippen LogP contribution in [-0.4, -0.2) is 15.0 Å². The quantitative estimate of drug-likeness (QED) is 0.166. The van der Waals surface area contributed by atoms with Gasteiger partial charge in [0, 0.05) is 28.5 Å². The average Bonchev–Trinajstić information content (AvgIpc) is 3.58. The first kappa shape index (κ1) is 32.4. The van der Waals surface area contributed by atoms with E-state index in [1.165, 1.54) is 38.9 Å². The van der Waals surface area contributed by atoms with E-state index in [0.717, 1.165) is 44.9 Å². The molecule has 0 saturated heterocycles. The van der Waals surface area contributed by atoms with Gasteiger partial charge in [0.25, 0.3) is 0 Å². The van der Waals surface area contributed by atoms with Crippen LogP contribution < -0.4 is 0 Å². The summed E-state index contributed by atoms with van der Waals surface area (Å²) in [4.78, 5) is 14.8. The van der Waals surface area contributed by atoms with Crippen molar-refractivity contribution in [2.75, 3.05) is 0 Å². The second-order valence-corrected chi connectivity index (χ2v) is 14.0. The number of hydrogen-bond acceptors (Lipinski definition) is 3. The van der Waals surface area contributed by atoms with E-state index in [2.05, 4.69) is 175 Å². The molecule has 0 unspecified atom stereocenters. The second-order valence-electron chi connectivity index (χ2n) is 14.0.